The van der Waals surface area contributed by atoms with Crippen molar-refractivity contribution in [2.24, 2.45) is 16.2 Å². The number of hydrogen-bond donors (Lipinski definition) is 1. The summed E-state index contributed by atoms with van der Waals surface area (Å²) in [4.78, 5) is 13.0. The first kappa shape index (κ1) is 19.3. The molecule has 0 saturated heterocycles. The van der Waals surface area contributed by atoms with Crippen molar-refractivity contribution in [3.8, 4) is 0 Å². The molecule has 1 N–H and O–H groups in total. The summed E-state index contributed by atoms with van der Waals surface area (Å²) in [6, 6.07) is 0. The van der Waals surface area contributed by atoms with Gasteiger partial charge in [-0.05, 0) is 57.3 Å². The first-order chi connectivity index (χ1) is 10.1. The maximum atomic E-state index is 13.0. The van der Waals surface area contributed by atoms with Crippen molar-refractivity contribution in [2.75, 3.05) is 0 Å². The molecular formula is C20H36O2. The molecule has 0 amide bonds. The first-order valence-corrected chi connectivity index (χ1v) is 9.02. The van der Waals surface area contributed by atoms with E-state index in [1.54, 1.807) is 0 Å². The zero-order valence-corrected chi connectivity index (χ0v) is 15.8. The largest absolute Gasteiger partial charge is 0.511 e. The highest BCUT2D eigenvalue weighted by Crippen LogP contribution is 2.47. The van der Waals surface area contributed by atoms with Gasteiger partial charge in [0.2, 0.25) is 0 Å². The minimum absolute atomic E-state index is 0.167. The minimum atomic E-state index is -0.297. The second-order valence-corrected chi connectivity index (χ2v) is 8.37. The maximum absolute atomic E-state index is 13.0. The molecule has 1 fully saturated rings. The van der Waals surface area contributed by atoms with Crippen LogP contribution in [0.5, 0.6) is 0 Å². The molecule has 0 aliphatic heterocycles. The quantitative estimate of drug-likeness (QED) is 0.468. The van der Waals surface area contributed by atoms with E-state index in [1.807, 2.05) is 6.92 Å². The van der Waals surface area contributed by atoms with E-state index in [-0.39, 0.29) is 16.6 Å². The van der Waals surface area contributed by atoms with Gasteiger partial charge in [0, 0.05) is 16.4 Å². The number of aliphatic hydroxyl groups excluding tert-OH is 1. The number of aliphatic hydroxyl groups is 1. The molecule has 0 atom stereocenters. The van der Waals surface area contributed by atoms with Crippen LogP contribution in [0.15, 0.2) is 11.3 Å². The molecule has 0 spiro atoms. The Morgan fingerprint density at radius 1 is 0.955 bits per heavy atom. The van der Waals surface area contributed by atoms with Gasteiger partial charge in [-0.25, -0.2) is 0 Å². The zero-order chi connectivity index (χ0) is 17.2. The SMILES string of the molecule is CCC(CC)(CC)C(O)=C(C)C(=O)C1(C)CCC(C)(C)CC1. The zero-order valence-electron chi connectivity index (χ0n) is 15.8. The third-order valence-corrected chi connectivity index (χ3v) is 6.48. The van der Waals surface area contributed by atoms with Gasteiger partial charge in [-0.15, -0.1) is 0 Å². The lowest BCUT2D eigenvalue weighted by Crippen LogP contribution is -2.37. The molecule has 0 unspecified atom stereocenters. The number of ketones is 1. The molecule has 0 aromatic carbocycles. The molecule has 0 heterocycles. The predicted molar refractivity (Wildman–Crippen MR) is 94.0 cm³/mol. The first-order valence-electron chi connectivity index (χ1n) is 9.02. The fourth-order valence-corrected chi connectivity index (χ4v) is 3.92. The van der Waals surface area contributed by atoms with Crippen LogP contribution in [0.2, 0.25) is 0 Å². The molecule has 0 radical (unpaired) electrons. The van der Waals surface area contributed by atoms with Crippen molar-refractivity contribution >= 4 is 5.78 Å². The number of hydrogen-bond acceptors (Lipinski definition) is 2. The Balaban J connectivity index is 3.08. The molecule has 1 aliphatic carbocycles. The van der Waals surface area contributed by atoms with Crippen molar-refractivity contribution in [3.05, 3.63) is 11.3 Å². The van der Waals surface area contributed by atoms with Crippen LogP contribution < -0.4 is 0 Å². The van der Waals surface area contributed by atoms with Crippen molar-refractivity contribution in [1.29, 1.82) is 0 Å². The second-order valence-electron chi connectivity index (χ2n) is 8.37. The fraction of sp³-hybridized carbons (Fsp3) is 0.850. The van der Waals surface area contributed by atoms with E-state index in [1.165, 1.54) is 0 Å². The predicted octanol–water partition coefficient (Wildman–Crippen LogP) is 6.21. The Morgan fingerprint density at radius 3 is 1.73 bits per heavy atom. The number of Topliss-reactive ketones (excluding diaryl/α,β-unsaturated/α-hetero) is 1. The van der Waals surface area contributed by atoms with Crippen LogP contribution in [0, 0.1) is 16.2 Å². The summed E-state index contributed by atoms with van der Waals surface area (Å²) in [5.74, 6) is 0.510. The molecule has 1 saturated carbocycles. The molecular weight excluding hydrogens is 272 g/mol. The number of carbonyl (C=O) groups excluding carboxylic acids is 1. The average Bonchev–Trinajstić information content (AvgIpc) is 2.51. The van der Waals surface area contributed by atoms with Crippen LogP contribution >= 0.6 is 0 Å². The highest BCUT2D eigenvalue weighted by molar-refractivity contribution is 5.99. The van der Waals surface area contributed by atoms with Crippen LogP contribution in [0.3, 0.4) is 0 Å². The summed E-state index contributed by atoms with van der Waals surface area (Å²) < 4.78 is 0. The number of allylic oxidation sites excluding steroid dienone is 2. The summed E-state index contributed by atoms with van der Waals surface area (Å²) in [5.41, 5.74) is 0.422. The van der Waals surface area contributed by atoms with Gasteiger partial charge in [-0.3, -0.25) is 4.79 Å². The molecule has 0 aromatic rings. The molecule has 22 heavy (non-hydrogen) atoms. The normalized spacial score (nSPS) is 22.1. The smallest absolute Gasteiger partial charge is 0.167 e. The van der Waals surface area contributed by atoms with E-state index in [4.69, 9.17) is 0 Å². The molecule has 0 aromatic heterocycles. The van der Waals surface area contributed by atoms with Crippen LogP contribution in [0.4, 0.5) is 0 Å². The fourth-order valence-electron chi connectivity index (χ4n) is 3.92. The van der Waals surface area contributed by atoms with Crippen molar-refractivity contribution in [2.45, 2.75) is 93.4 Å². The molecule has 1 aliphatic rings. The average molecular weight is 309 g/mol. The monoisotopic (exact) mass is 308 g/mol. The summed E-state index contributed by atoms with van der Waals surface area (Å²) in [6.07, 6.45) is 6.66. The van der Waals surface area contributed by atoms with E-state index >= 15 is 0 Å². The van der Waals surface area contributed by atoms with E-state index in [0.29, 0.717) is 16.7 Å². The van der Waals surface area contributed by atoms with E-state index in [0.717, 1.165) is 44.9 Å². The van der Waals surface area contributed by atoms with Crippen LogP contribution in [-0.4, -0.2) is 10.9 Å². The van der Waals surface area contributed by atoms with Gasteiger partial charge >= 0.3 is 0 Å². The van der Waals surface area contributed by atoms with E-state index < -0.39 is 0 Å². The van der Waals surface area contributed by atoms with Crippen LogP contribution in [0.1, 0.15) is 93.4 Å². The summed E-state index contributed by atoms with van der Waals surface area (Å²) >= 11 is 0. The van der Waals surface area contributed by atoms with Crippen molar-refractivity contribution in [3.63, 3.8) is 0 Å². The molecule has 2 heteroatoms. The van der Waals surface area contributed by atoms with Gasteiger partial charge in [0.15, 0.2) is 5.78 Å². The van der Waals surface area contributed by atoms with E-state index in [9.17, 15) is 9.90 Å². The molecule has 2 nitrogen and oxygen atoms in total. The Hall–Kier alpha value is -0.790. The summed E-state index contributed by atoms with van der Waals surface area (Å²) in [7, 11) is 0. The van der Waals surface area contributed by atoms with E-state index in [2.05, 4.69) is 41.5 Å². The molecule has 1 rings (SSSR count). The molecule has 0 bridgehead atoms. The van der Waals surface area contributed by atoms with Crippen molar-refractivity contribution < 1.29 is 9.90 Å². The van der Waals surface area contributed by atoms with Crippen LogP contribution in [-0.2, 0) is 4.79 Å². The van der Waals surface area contributed by atoms with Gasteiger partial charge in [0.1, 0.15) is 5.76 Å². The Morgan fingerprint density at radius 2 is 1.36 bits per heavy atom. The van der Waals surface area contributed by atoms with Crippen molar-refractivity contribution in [1.82, 2.24) is 0 Å². The number of rotatable bonds is 6. The maximum Gasteiger partial charge on any atom is 0.167 e. The third-order valence-electron chi connectivity index (χ3n) is 6.48. The lowest BCUT2D eigenvalue weighted by Gasteiger charge is -2.41. The van der Waals surface area contributed by atoms with Gasteiger partial charge in [0.05, 0.1) is 0 Å². The minimum Gasteiger partial charge on any atom is -0.511 e. The standard InChI is InChI=1S/C20H36O2/c1-8-20(9-2,10-3)17(22)15(4)16(21)19(7)13-11-18(5,6)12-14-19/h22H,8-14H2,1-7H3. The lowest BCUT2D eigenvalue weighted by atomic mass is 9.63. The van der Waals surface area contributed by atoms with Gasteiger partial charge < -0.3 is 5.11 Å². The van der Waals surface area contributed by atoms with Gasteiger partial charge in [-0.1, -0.05) is 41.5 Å². The topological polar surface area (TPSA) is 37.3 Å². The Kier molecular flexibility index (Phi) is 5.92. The summed E-state index contributed by atoms with van der Waals surface area (Å²) in [6.45, 7) is 14.8. The number of carbonyl (C=O) groups is 1. The van der Waals surface area contributed by atoms with Gasteiger partial charge in [-0.2, -0.15) is 0 Å². The highest BCUT2D eigenvalue weighted by atomic mass is 16.3. The summed E-state index contributed by atoms with van der Waals surface area (Å²) in [5, 5.41) is 10.8. The van der Waals surface area contributed by atoms with Crippen LogP contribution in [0.25, 0.3) is 0 Å². The lowest BCUT2D eigenvalue weighted by molar-refractivity contribution is -0.127. The van der Waals surface area contributed by atoms with Gasteiger partial charge in [0.25, 0.3) is 0 Å². The second kappa shape index (κ2) is 6.76. The molecule has 128 valence electrons. The Bertz CT molecular complexity index is 420. The third kappa shape index (κ3) is 3.58. The highest BCUT2D eigenvalue weighted by Gasteiger charge is 2.42. The Labute approximate surface area is 137 Å².